The molecule has 0 atom stereocenters. The summed E-state index contributed by atoms with van der Waals surface area (Å²) in [7, 11) is 0. The van der Waals surface area contributed by atoms with Crippen molar-refractivity contribution in [2.75, 3.05) is 36.0 Å². The highest BCUT2D eigenvalue weighted by molar-refractivity contribution is 6.33. The van der Waals surface area contributed by atoms with E-state index < -0.39 is 24.1 Å². The van der Waals surface area contributed by atoms with Gasteiger partial charge in [-0.3, -0.25) is 4.79 Å². The fraction of sp³-hybridized carbons (Fsp3) is 0.429. The Kier molecular flexibility index (Phi) is 4.99. The van der Waals surface area contributed by atoms with E-state index in [2.05, 4.69) is 15.1 Å². The lowest BCUT2D eigenvalue weighted by Crippen LogP contribution is -2.47. The van der Waals surface area contributed by atoms with Gasteiger partial charge in [0, 0.05) is 26.2 Å². The highest BCUT2D eigenvalue weighted by Crippen LogP contribution is 2.24. The summed E-state index contributed by atoms with van der Waals surface area (Å²) < 4.78 is 50.5. The predicted molar refractivity (Wildman–Crippen MR) is 86.0 cm³/mol. The zero-order valence-electron chi connectivity index (χ0n) is 13.2. The van der Waals surface area contributed by atoms with Gasteiger partial charge in [-0.05, 0) is 0 Å². The molecule has 12 heteroatoms. The molecular weight excluding hydrogens is 380 g/mol. The predicted octanol–water partition coefficient (Wildman–Crippen LogP) is 1.71. The zero-order chi connectivity index (χ0) is 18.9. The molecular formula is C14H13ClF4N6O. The number of aromatic nitrogens is 4. The van der Waals surface area contributed by atoms with Crippen molar-refractivity contribution in [3.63, 3.8) is 0 Å². The van der Waals surface area contributed by atoms with E-state index in [1.807, 2.05) is 4.90 Å². The van der Waals surface area contributed by atoms with E-state index in [0.29, 0.717) is 32.1 Å². The van der Waals surface area contributed by atoms with Gasteiger partial charge in [0.2, 0.25) is 5.95 Å². The van der Waals surface area contributed by atoms with Crippen molar-refractivity contribution in [1.82, 2.24) is 19.7 Å². The number of hydrogen-bond donors (Lipinski definition) is 0. The maximum absolute atomic E-state index is 12.9. The quantitative estimate of drug-likeness (QED) is 0.741. The van der Waals surface area contributed by atoms with Crippen LogP contribution in [0.2, 0.25) is 5.02 Å². The van der Waals surface area contributed by atoms with Crippen molar-refractivity contribution in [2.45, 2.75) is 12.7 Å². The fourth-order valence-electron chi connectivity index (χ4n) is 2.58. The van der Waals surface area contributed by atoms with Crippen LogP contribution in [0.3, 0.4) is 0 Å². The van der Waals surface area contributed by atoms with E-state index in [0.717, 1.165) is 18.6 Å². The monoisotopic (exact) mass is 392 g/mol. The summed E-state index contributed by atoms with van der Waals surface area (Å²) in [5, 5.41) is 3.26. The Labute approximate surface area is 149 Å². The molecule has 0 bridgehead atoms. The lowest BCUT2D eigenvalue weighted by molar-refractivity contribution is -0.143. The van der Waals surface area contributed by atoms with Gasteiger partial charge in [0.1, 0.15) is 11.6 Å². The summed E-state index contributed by atoms with van der Waals surface area (Å²) in [5.74, 6) is -0.166. The first kappa shape index (κ1) is 18.4. The van der Waals surface area contributed by atoms with Crippen molar-refractivity contribution in [2.24, 2.45) is 0 Å². The van der Waals surface area contributed by atoms with Crippen LogP contribution in [-0.4, -0.2) is 52.1 Å². The Morgan fingerprint density at radius 2 is 1.62 bits per heavy atom. The molecule has 0 N–H and O–H groups in total. The standard InChI is InChI=1S/C14H13ClF4N6O/c15-11-10(7-22-25(12(11)26)8-14(17,18)19)23-1-3-24(4-2-23)13-20-5-9(16)6-21-13/h5-7H,1-4,8H2. The summed E-state index contributed by atoms with van der Waals surface area (Å²) in [6.07, 6.45) is -1.28. The molecule has 0 aliphatic carbocycles. The van der Waals surface area contributed by atoms with Crippen molar-refractivity contribution in [1.29, 1.82) is 0 Å². The molecule has 0 aromatic carbocycles. The van der Waals surface area contributed by atoms with E-state index in [1.54, 1.807) is 4.90 Å². The Morgan fingerprint density at radius 1 is 1.04 bits per heavy atom. The van der Waals surface area contributed by atoms with Crippen LogP contribution in [-0.2, 0) is 6.54 Å². The van der Waals surface area contributed by atoms with Gasteiger partial charge in [0.05, 0.1) is 24.3 Å². The molecule has 3 heterocycles. The second-order valence-electron chi connectivity index (χ2n) is 5.60. The summed E-state index contributed by atoms with van der Waals surface area (Å²) in [5.41, 5.74) is -0.722. The first-order valence-corrected chi connectivity index (χ1v) is 7.92. The first-order valence-electron chi connectivity index (χ1n) is 7.54. The molecule has 1 aliphatic rings. The maximum Gasteiger partial charge on any atom is 0.408 e. The van der Waals surface area contributed by atoms with Crippen LogP contribution < -0.4 is 15.4 Å². The summed E-state index contributed by atoms with van der Waals surface area (Å²) >= 11 is 5.97. The third kappa shape index (κ3) is 4.03. The molecule has 7 nitrogen and oxygen atoms in total. The third-order valence-electron chi connectivity index (χ3n) is 3.81. The molecule has 0 unspecified atom stereocenters. The second-order valence-corrected chi connectivity index (χ2v) is 5.98. The molecule has 2 aromatic rings. The Hall–Kier alpha value is -2.43. The molecule has 1 saturated heterocycles. The van der Waals surface area contributed by atoms with Gasteiger partial charge in [-0.25, -0.2) is 19.0 Å². The molecule has 0 amide bonds. The molecule has 1 fully saturated rings. The Balaban J connectivity index is 1.72. The van der Waals surface area contributed by atoms with Crippen molar-refractivity contribution in [3.05, 3.63) is 39.8 Å². The number of piperazine rings is 1. The first-order chi connectivity index (χ1) is 12.2. The molecule has 0 radical (unpaired) electrons. The Bertz CT molecular complexity index is 833. The van der Waals surface area contributed by atoms with Gasteiger partial charge in [0.25, 0.3) is 5.56 Å². The average molecular weight is 393 g/mol. The van der Waals surface area contributed by atoms with E-state index in [9.17, 15) is 22.4 Å². The number of anilines is 2. The molecule has 2 aromatic heterocycles. The lowest BCUT2D eigenvalue weighted by Gasteiger charge is -2.36. The normalized spacial score (nSPS) is 15.4. The van der Waals surface area contributed by atoms with Crippen LogP contribution in [0.15, 0.2) is 23.4 Å². The molecule has 0 saturated carbocycles. The topological polar surface area (TPSA) is 67.2 Å². The zero-order valence-corrected chi connectivity index (χ0v) is 14.0. The summed E-state index contributed by atoms with van der Waals surface area (Å²) in [6.45, 7) is 0.276. The van der Waals surface area contributed by atoms with Crippen molar-refractivity contribution < 1.29 is 17.6 Å². The lowest BCUT2D eigenvalue weighted by atomic mass is 10.3. The molecule has 26 heavy (non-hydrogen) atoms. The fourth-order valence-corrected chi connectivity index (χ4v) is 2.84. The SMILES string of the molecule is O=c1c(Cl)c(N2CCN(c3ncc(F)cn3)CC2)cnn1CC(F)(F)F. The second kappa shape index (κ2) is 7.06. The molecule has 1 aliphatic heterocycles. The van der Waals surface area contributed by atoms with Gasteiger partial charge in [0.15, 0.2) is 5.82 Å². The maximum atomic E-state index is 12.9. The minimum absolute atomic E-state index is 0.273. The van der Waals surface area contributed by atoms with Crippen molar-refractivity contribution in [3.8, 4) is 0 Å². The Morgan fingerprint density at radius 3 is 2.19 bits per heavy atom. The van der Waals surface area contributed by atoms with Gasteiger partial charge in [-0.2, -0.15) is 18.3 Å². The van der Waals surface area contributed by atoms with Crippen LogP contribution in [0.5, 0.6) is 0 Å². The molecule has 140 valence electrons. The van der Waals surface area contributed by atoms with Crippen molar-refractivity contribution >= 4 is 23.2 Å². The number of nitrogens with zero attached hydrogens (tertiary/aromatic N) is 6. The molecule has 0 spiro atoms. The van der Waals surface area contributed by atoms with Crippen LogP contribution in [0.25, 0.3) is 0 Å². The number of halogens is 5. The van der Waals surface area contributed by atoms with Gasteiger partial charge < -0.3 is 9.80 Å². The van der Waals surface area contributed by atoms with Gasteiger partial charge in [-0.15, -0.1) is 0 Å². The van der Waals surface area contributed by atoms with E-state index in [-0.39, 0.29) is 15.4 Å². The number of rotatable bonds is 3. The average Bonchev–Trinajstić information content (AvgIpc) is 2.59. The third-order valence-corrected chi connectivity index (χ3v) is 4.16. The summed E-state index contributed by atoms with van der Waals surface area (Å²) in [6, 6.07) is 0. The minimum Gasteiger partial charge on any atom is -0.365 e. The number of hydrogen-bond acceptors (Lipinski definition) is 6. The smallest absolute Gasteiger partial charge is 0.365 e. The minimum atomic E-state index is -4.57. The van der Waals surface area contributed by atoms with E-state index >= 15 is 0 Å². The van der Waals surface area contributed by atoms with E-state index in [1.165, 1.54) is 0 Å². The van der Waals surface area contributed by atoms with Crippen LogP contribution in [0, 0.1) is 5.82 Å². The largest absolute Gasteiger partial charge is 0.408 e. The van der Waals surface area contributed by atoms with E-state index in [4.69, 9.17) is 11.6 Å². The van der Waals surface area contributed by atoms with Crippen LogP contribution in [0.1, 0.15) is 0 Å². The van der Waals surface area contributed by atoms with Crippen LogP contribution in [0.4, 0.5) is 29.2 Å². The summed E-state index contributed by atoms with van der Waals surface area (Å²) in [4.78, 5) is 23.4. The van der Waals surface area contributed by atoms with Gasteiger partial charge >= 0.3 is 6.18 Å². The van der Waals surface area contributed by atoms with Gasteiger partial charge in [-0.1, -0.05) is 11.6 Å². The number of alkyl halides is 3. The highest BCUT2D eigenvalue weighted by atomic mass is 35.5. The molecule has 3 rings (SSSR count). The highest BCUT2D eigenvalue weighted by Gasteiger charge is 2.30. The van der Waals surface area contributed by atoms with Crippen LogP contribution >= 0.6 is 11.6 Å².